The summed E-state index contributed by atoms with van der Waals surface area (Å²) in [4.78, 5) is 83.3. The molecule has 0 unspecified atom stereocenters. The van der Waals surface area contributed by atoms with Crippen LogP contribution in [-0.4, -0.2) is 105 Å². The van der Waals surface area contributed by atoms with Crippen molar-refractivity contribution in [2.24, 2.45) is 16.7 Å². The first kappa shape index (κ1) is 45.3. The second kappa shape index (κ2) is 17.1. The van der Waals surface area contributed by atoms with Gasteiger partial charge in [-0.15, -0.1) is 0 Å². The van der Waals surface area contributed by atoms with Crippen LogP contribution in [0.4, 0.5) is 0 Å². The van der Waals surface area contributed by atoms with Crippen LogP contribution in [0.15, 0.2) is 102 Å². The Bertz CT molecular complexity index is 2290. The van der Waals surface area contributed by atoms with Gasteiger partial charge in [0.1, 0.15) is 23.9 Å². The van der Waals surface area contributed by atoms with Gasteiger partial charge in [-0.25, -0.2) is 9.59 Å². The number of esters is 5. The van der Waals surface area contributed by atoms with Gasteiger partial charge in [0.05, 0.1) is 36.0 Å². The molecule has 4 aliphatic rings. The van der Waals surface area contributed by atoms with Crippen LogP contribution in [0.2, 0.25) is 0 Å². The van der Waals surface area contributed by atoms with Crippen molar-refractivity contribution in [1.82, 2.24) is 0 Å². The van der Waals surface area contributed by atoms with Gasteiger partial charge in [-0.1, -0.05) is 92.7 Å². The summed E-state index contributed by atoms with van der Waals surface area (Å²) in [6.07, 6.45) is -12.4. The van der Waals surface area contributed by atoms with Gasteiger partial charge >= 0.3 is 29.8 Å². The molecule has 3 aliphatic carbocycles. The molecule has 3 aromatic rings. The molecule has 15 nitrogen and oxygen atoms in total. The van der Waals surface area contributed by atoms with E-state index in [1.165, 1.54) is 26.0 Å². The number of fused-ring (bicyclic) bond motifs is 5. The molecule has 0 aromatic heterocycles. The number of benzene rings is 3. The first-order valence-corrected chi connectivity index (χ1v) is 20.8. The third-order valence-corrected chi connectivity index (χ3v) is 13.5. The molecule has 3 fully saturated rings. The van der Waals surface area contributed by atoms with E-state index in [1.54, 1.807) is 92.7 Å². The molecule has 1 aliphatic heterocycles. The number of aliphatic hydroxyl groups is 3. The highest BCUT2D eigenvalue weighted by atomic mass is 16.6. The van der Waals surface area contributed by atoms with Crippen molar-refractivity contribution in [3.63, 3.8) is 0 Å². The maximum atomic E-state index is 15.5. The number of carbonyl (C=O) groups is 6. The molecule has 1 heterocycles. The fourth-order valence-corrected chi connectivity index (χ4v) is 10.3. The molecular weight excluding hydrogens is 817 g/mol. The van der Waals surface area contributed by atoms with Gasteiger partial charge in [-0.05, 0) is 48.3 Å². The molecule has 1 saturated heterocycles. The van der Waals surface area contributed by atoms with Crippen LogP contribution in [0, 0.1) is 16.7 Å². The zero-order valence-electron chi connectivity index (χ0n) is 35.8. The Hall–Kier alpha value is -5.74. The molecule has 2 saturated carbocycles. The number of aliphatic hydroxyl groups excluding tert-OH is 2. The van der Waals surface area contributed by atoms with Gasteiger partial charge in [0, 0.05) is 32.1 Å². The van der Waals surface area contributed by atoms with Gasteiger partial charge in [-0.3, -0.25) is 19.2 Å². The number of hydrogen-bond acceptors (Lipinski definition) is 15. The normalized spacial score (nSPS) is 31.5. The lowest BCUT2D eigenvalue weighted by molar-refractivity contribution is -0.346. The monoisotopic (exact) mass is 868 g/mol. The summed E-state index contributed by atoms with van der Waals surface area (Å²) in [5, 5.41) is 37.5. The van der Waals surface area contributed by atoms with Crippen molar-refractivity contribution in [3.8, 4) is 0 Å². The van der Waals surface area contributed by atoms with Crippen LogP contribution in [0.1, 0.15) is 82.0 Å². The summed E-state index contributed by atoms with van der Waals surface area (Å²) in [5.41, 5.74) is -6.82. The minimum absolute atomic E-state index is 0.0150. The largest absolute Gasteiger partial charge is 0.456 e. The van der Waals surface area contributed by atoms with E-state index in [2.05, 4.69) is 0 Å². The standard InChI is InChI=1S/C48H52O15/c1-26-32(60-44(56)37(53)38(30-18-12-8-13-19-30)61-35(52)22-29-16-10-7-11-17-29)24-48(57)42(62-43(55)31-20-14-9-15-21-31)40-46(6,33(51)23-34-47(40,25-58-34)63-28(3)50)41(54)39(59-27(2)49)36(26)45(48,4)5/h7-21,32-34,37-40,42,51,53,57H,22-25H2,1-6H3/t32-,33+,34-,37-,38+,39-,40-,42-,46-,47-,48-/m1/s1. The first-order valence-electron chi connectivity index (χ1n) is 20.8. The quantitative estimate of drug-likeness (QED) is 0.140. The van der Waals surface area contributed by atoms with Crippen molar-refractivity contribution in [2.45, 2.75) is 115 Å². The van der Waals surface area contributed by atoms with Crippen LogP contribution < -0.4 is 0 Å². The first-order chi connectivity index (χ1) is 29.8. The SMILES string of the molecule is CC(=O)O[C@H]1C(=O)[C@]2(C)[C@@H](O)C[C@H]3OC[C@]3(OC(C)=O)[C@@H]2[C@@H](OC(=O)c2ccccc2)[C@]2(O)C[C@@H](OC(=O)[C@H](O)[C@@H](OC(=O)Cc3ccccc3)c3ccccc3)C(C)=C1C2(C)C. The Kier molecular flexibility index (Phi) is 12.3. The molecule has 334 valence electrons. The third-order valence-electron chi connectivity index (χ3n) is 13.5. The van der Waals surface area contributed by atoms with Crippen molar-refractivity contribution in [3.05, 3.63) is 119 Å². The minimum Gasteiger partial charge on any atom is -0.456 e. The fraction of sp³-hybridized carbons (Fsp3) is 0.458. The molecular formula is C48H52O15. The van der Waals surface area contributed by atoms with E-state index in [9.17, 15) is 39.3 Å². The highest BCUT2D eigenvalue weighted by molar-refractivity contribution is 5.95. The van der Waals surface area contributed by atoms with Gasteiger partial charge in [0.15, 0.2) is 29.7 Å². The number of ketones is 1. The third kappa shape index (κ3) is 7.85. The molecule has 11 atom stereocenters. The van der Waals surface area contributed by atoms with E-state index < -0.39 is 113 Å². The Labute approximate surface area is 364 Å². The van der Waals surface area contributed by atoms with E-state index in [1.807, 2.05) is 0 Å². The Morgan fingerprint density at radius 2 is 1.44 bits per heavy atom. The summed E-state index contributed by atoms with van der Waals surface area (Å²) >= 11 is 0. The second-order valence-corrected chi connectivity index (χ2v) is 17.6. The number of carbonyl (C=O) groups excluding carboxylic acids is 6. The Balaban J connectivity index is 1.37. The number of rotatable bonds is 11. The van der Waals surface area contributed by atoms with Gasteiger partial charge < -0.3 is 43.7 Å². The van der Waals surface area contributed by atoms with Crippen LogP contribution >= 0.6 is 0 Å². The molecule has 3 N–H and O–H groups in total. The molecule has 0 radical (unpaired) electrons. The number of hydrogen-bond donors (Lipinski definition) is 3. The highest BCUT2D eigenvalue weighted by Gasteiger charge is 2.78. The molecule has 0 spiro atoms. The van der Waals surface area contributed by atoms with Crippen LogP contribution in [0.25, 0.3) is 0 Å². The van der Waals surface area contributed by atoms with E-state index in [4.69, 9.17) is 28.4 Å². The lowest BCUT2D eigenvalue weighted by Crippen LogP contribution is -2.82. The number of Topliss-reactive ketones (excluding diaryl/α,β-unsaturated/α-hetero) is 1. The zero-order chi connectivity index (χ0) is 45.6. The van der Waals surface area contributed by atoms with E-state index >= 15 is 4.79 Å². The summed E-state index contributed by atoms with van der Waals surface area (Å²) in [6.45, 7) is 7.93. The van der Waals surface area contributed by atoms with E-state index in [-0.39, 0.29) is 41.7 Å². The topological polar surface area (TPSA) is 218 Å². The molecule has 0 amide bonds. The highest BCUT2D eigenvalue weighted by Crippen LogP contribution is 2.64. The minimum atomic E-state index is -2.40. The maximum Gasteiger partial charge on any atom is 0.339 e. The predicted molar refractivity (Wildman–Crippen MR) is 220 cm³/mol. The molecule has 15 heteroatoms. The van der Waals surface area contributed by atoms with E-state index in [0.29, 0.717) is 5.56 Å². The average Bonchev–Trinajstić information content (AvgIpc) is 3.24. The van der Waals surface area contributed by atoms with Crippen LogP contribution in [0.5, 0.6) is 0 Å². The van der Waals surface area contributed by atoms with Crippen molar-refractivity contribution >= 4 is 35.6 Å². The molecule has 63 heavy (non-hydrogen) atoms. The lowest BCUT2D eigenvalue weighted by Gasteiger charge is -2.67. The van der Waals surface area contributed by atoms with Crippen molar-refractivity contribution < 1.29 is 72.5 Å². The number of ether oxygens (including phenoxy) is 6. The van der Waals surface area contributed by atoms with Gasteiger partial charge in [-0.2, -0.15) is 0 Å². The van der Waals surface area contributed by atoms with Gasteiger partial charge in [0.25, 0.3) is 0 Å². The summed E-state index contributed by atoms with van der Waals surface area (Å²) in [7, 11) is 0. The fourth-order valence-electron chi connectivity index (χ4n) is 10.3. The zero-order valence-corrected chi connectivity index (χ0v) is 35.8. The second-order valence-electron chi connectivity index (χ2n) is 17.6. The summed E-state index contributed by atoms with van der Waals surface area (Å²) in [6, 6.07) is 24.6. The Morgan fingerprint density at radius 1 is 0.841 bits per heavy atom. The van der Waals surface area contributed by atoms with Crippen molar-refractivity contribution in [1.29, 1.82) is 0 Å². The smallest absolute Gasteiger partial charge is 0.339 e. The summed E-state index contributed by atoms with van der Waals surface area (Å²) in [5.74, 6) is -7.08. The Morgan fingerprint density at radius 3 is 2.02 bits per heavy atom. The van der Waals surface area contributed by atoms with Crippen LogP contribution in [-0.2, 0) is 58.8 Å². The molecule has 3 aromatic carbocycles. The predicted octanol–water partition coefficient (Wildman–Crippen LogP) is 4.09. The summed E-state index contributed by atoms with van der Waals surface area (Å²) < 4.78 is 36.0. The van der Waals surface area contributed by atoms with E-state index in [0.717, 1.165) is 13.8 Å². The maximum absolute atomic E-state index is 15.5. The lowest BCUT2D eigenvalue weighted by atomic mass is 9.44. The van der Waals surface area contributed by atoms with Gasteiger partial charge in [0.2, 0.25) is 0 Å². The van der Waals surface area contributed by atoms with Crippen LogP contribution in [0.3, 0.4) is 0 Å². The molecule has 7 rings (SSSR count). The molecule has 2 bridgehead atoms. The van der Waals surface area contributed by atoms with Crippen molar-refractivity contribution in [2.75, 3.05) is 6.61 Å². The average molecular weight is 869 g/mol.